The highest BCUT2D eigenvalue weighted by Crippen LogP contribution is 2.29. The van der Waals surface area contributed by atoms with Crippen LogP contribution in [0.2, 0.25) is 0 Å². The summed E-state index contributed by atoms with van der Waals surface area (Å²) in [6.45, 7) is 3.81. The quantitative estimate of drug-likeness (QED) is 0.507. The van der Waals surface area contributed by atoms with E-state index in [9.17, 15) is 27.6 Å². The Hall–Kier alpha value is -3.40. The number of benzene rings is 2. The predicted octanol–water partition coefficient (Wildman–Crippen LogP) is 3.50. The molecule has 0 bridgehead atoms. The normalized spacial score (nSPS) is 18.6. The van der Waals surface area contributed by atoms with Gasteiger partial charge in [0.2, 0.25) is 11.8 Å². The second-order valence-electron chi connectivity index (χ2n) is 10.4. The van der Waals surface area contributed by atoms with E-state index in [1.807, 2.05) is 35.2 Å². The van der Waals surface area contributed by atoms with Gasteiger partial charge in [0, 0.05) is 37.8 Å². The highest BCUT2D eigenvalue weighted by molar-refractivity contribution is 5.96. The molecule has 210 valence electrons. The number of hydrogen-bond acceptors (Lipinski definition) is 4. The van der Waals surface area contributed by atoms with E-state index in [0.717, 1.165) is 76.1 Å². The molecular formula is C29H35F3N4O3. The first-order chi connectivity index (χ1) is 18.7. The zero-order valence-corrected chi connectivity index (χ0v) is 21.9. The molecule has 0 aromatic heterocycles. The van der Waals surface area contributed by atoms with Crippen molar-refractivity contribution in [3.8, 4) is 0 Å². The number of nitrogens with one attached hydrogen (secondary N) is 2. The van der Waals surface area contributed by atoms with Gasteiger partial charge in [-0.2, -0.15) is 13.2 Å². The summed E-state index contributed by atoms with van der Waals surface area (Å²) >= 11 is 0. The predicted molar refractivity (Wildman–Crippen MR) is 141 cm³/mol. The molecule has 2 aromatic carbocycles. The number of alkyl halides is 3. The van der Waals surface area contributed by atoms with Gasteiger partial charge in [-0.25, -0.2) is 0 Å². The highest BCUT2D eigenvalue weighted by atomic mass is 19.4. The molecule has 2 aliphatic heterocycles. The Morgan fingerprint density at radius 3 is 2.38 bits per heavy atom. The first-order valence-corrected chi connectivity index (χ1v) is 13.5. The Morgan fingerprint density at radius 2 is 1.67 bits per heavy atom. The highest BCUT2D eigenvalue weighted by Gasteiger charge is 2.31. The minimum Gasteiger partial charge on any atom is -0.350 e. The van der Waals surface area contributed by atoms with E-state index in [1.54, 1.807) is 0 Å². The van der Waals surface area contributed by atoms with E-state index in [2.05, 4.69) is 15.5 Å². The summed E-state index contributed by atoms with van der Waals surface area (Å²) in [7, 11) is 0. The first kappa shape index (κ1) is 28.6. The van der Waals surface area contributed by atoms with E-state index >= 15 is 0 Å². The third-order valence-corrected chi connectivity index (χ3v) is 7.52. The standard InChI is InChI=1S/C29H35F3N4O3/c30-29(31,32)24-8-4-7-23(18-24)28(39)33-19-26(37)34-25-12-14-35(20-25)13-9-21-10-15-36(16-11-21)27(38)17-22-5-2-1-3-6-22/h1-8,18,21,25H,9-17,19-20H2,(H,33,39)(H,34,37)/t25-/m1/s1. The number of rotatable bonds is 9. The lowest BCUT2D eigenvalue weighted by Crippen LogP contribution is -2.43. The van der Waals surface area contributed by atoms with Gasteiger partial charge in [0.25, 0.3) is 5.91 Å². The van der Waals surface area contributed by atoms with Crippen LogP contribution < -0.4 is 10.6 Å². The Bertz CT molecular complexity index is 1130. The van der Waals surface area contributed by atoms with Crippen LogP contribution in [0.1, 0.15) is 47.2 Å². The van der Waals surface area contributed by atoms with Crippen LogP contribution in [0.5, 0.6) is 0 Å². The molecule has 0 aliphatic carbocycles. The van der Waals surface area contributed by atoms with Crippen LogP contribution in [0, 0.1) is 5.92 Å². The van der Waals surface area contributed by atoms with E-state index in [4.69, 9.17) is 0 Å². The summed E-state index contributed by atoms with van der Waals surface area (Å²) in [4.78, 5) is 41.4. The van der Waals surface area contributed by atoms with Gasteiger partial charge < -0.3 is 20.4 Å². The molecule has 2 fully saturated rings. The van der Waals surface area contributed by atoms with Crippen LogP contribution in [-0.4, -0.2) is 72.8 Å². The van der Waals surface area contributed by atoms with Crippen molar-refractivity contribution in [2.45, 2.75) is 44.3 Å². The van der Waals surface area contributed by atoms with Gasteiger partial charge in [0.05, 0.1) is 18.5 Å². The van der Waals surface area contributed by atoms with Gasteiger partial charge in [-0.1, -0.05) is 36.4 Å². The van der Waals surface area contributed by atoms with Crippen molar-refractivity contribution in [3.05, 3.63) is 71.3 Å². The number of carbonyl (C=O) groups is 3. The van der Waals surface area contributed by atoms with Crippen molar-refractivity contribution < 1.29 is 27.6 Å². The Kier molecular flexibility index (Phi) is 9.61. The summed E-state index contributed by atoms with van der Waals surface area (Å²) in [6.07, 6.45) is -0.239. The molecule has 2 N–H and O–H groups in total. The second kappa shape index (κ2) is 13.1. The number of amides is 3. The lowest BCUT2D eigenvalue weighted by molar-refractivity contribution is -0.137. The SMILES string of the molecule is O=C(CNC(=O)c1cccc(C(F)(F)F)c1)N[C@@H]1CCN(CCC2CCN(C(=O)Cc3ccccc3)CC2)C1. The van der Waals surface area contributed by atoms with Crippen molar-refractivity contribution in [1.82, 2.24) is 20.4 Å². The Labute approximate surface area is 226 Å². The largest absolute Gasteiger partial charge is 0.416 e. The van der Waals surface area contributed by atoms with E-state index in [1.165, 1.54) is 12.1 Å². The topological polar surface area (TPSA) is 81.8 Å². The molecule has 0 unspecified atom stereocenters. The van der Waals surface area contributed by atoms with E-state index in [-0.39, 0.29) is 30.0 Å². The zero-order valence-electron chi connectivity index (χ0n) is 21.9. The fraction of sp³-hybridized carbons (Fsp3) is 0.483. The molecular weight excluding hydrogens is 509 g/mol. The minimum absolute atomic E-state index is 0.0274. The van der Waals surface area contributed by atoms with Gasteiger partial charge in [-0.3, -0.25) is 14.4 Å². The summed E-state index contributed by atoms with van der Waals surface area (Å²) in [6, 6.07) is 13.9. The number of nitrogens with zero attached hydrogens (tertiary/aromatic N) is 2. The van der Waals surface area contributed by atoms with Crippen molar-refractivity contribution in [2.75, 3.05) is 39.3 Å². The van der Waals surface area contributed by atoms with Crippen molar-refractivity contribution in [1.29, 1.82) is 0 Å². The summed E-state index contributed by atoms with van der Waals surface area (Å²) in [5, 5.41) is 5.30. The molecule has 3 amide bonds. The van der Waals surface area contributed by atoms with Crippen LogP contribution in [-0.2, 0) is 22.2 Å². The first-order valence-electron chi connectivity index (χ1n) is 13.5. The Balaban J connectivity index is 1.11. The molecule has 7 nitrogen and oxygen atoms in total. The van der Waals surface area contributed by atoms with Crippen LogP contribution in [0.4, 0.5) is 13.2 Å². The van der Waals surface area contributed by atoms with Crippen molar-refractivity contribution in [3.63, 3.8) is 0 Å². The number of likely N-dealkylation sites (tertiary alicyclic amines) is 2. The maximum Gasteiger partial charge on any atom is 0.416 e. The molecule has 2 aromatic rings. The third kappa shape index (κ3) is 8.54. The maximum atomic E-state index is 12.9. The smallest absolute Gasteiger partial charge is 0.350 e. The van der Waals surface area contributed by atoms with Crippen LogP contribution in [0.15, 0.2) is 54.6 Å². The average Bonchev–Trinajstić information content (AvgIpc) is 3.38. The average molecular weight is 545 g/mol. The van der Waals surface area contributed by atoms with E-state index in [0.29, 0.717) is 12.3 Å². The fourth-order valence-corrected chi connectivity index (χ4v) is 5.25. The number of piperidine rings is 1. The summed E-state index contributed by atoms with van der Waals surface area (Å²) in [5.41, 5.74) is -0.0118. The van der Waals surface area contributed by atoms with Crippen LogP contribution in [0.25, 0.3) is 0 Å². The molecule has 0 spiro atoms. The molecule has 4 rings (SSSR count). The summed E-state index contributed by atoms with van der Waals surface area (Å²) < 4.78 is 38.6. The van der Waals surface area contributed by atoms with Gasteiger partial charge >= 0.3 is 6.18 Å². The van der Waals surface area contributed by atoms with Gasteiger partial charge in [-0.05, 0) is 61.9 Å². The monoisotopic (exact) mass is 544 g/mol. The lowest BCUT2D eigenvalue weighted by atomic mass is 9.93. The molecule has 39 heavy (non-hydrogen) atoms. The van der Waals surface area contributed by atoms with Crippen LogP contribution in [0.3, 0.4) is 0 Å². The van der Waals surface area contributed by atoms with Gasteiger partial charge in [0.15, 0.2) is 0 Å². The molecule has 1 atom stereocenters. The molecule has 0 saturated carbocycles. The molecule has 10 heteroatoms. The second-order valence-corrected chi connectivity index (χ2v) is 10.4. The molecule has 0 radical (unpaired) electrons. The van der Waals surface area contributed by atoms with Crippen molar-refractivity contribution in [2.24, 2.45) is 5.92 Å². The third-order valence-electron chi connectivity index (χ3n) is 7.52. The number of hydrogen-bond donors (Lipinski definition) is 2. The summed E-state index contributed by atoms with van der Waals surface area (Å²) in [5.74, 6) is -0.332. The Morgan fingerprint density at radius 1 is 0.923 bits per heavy atom. The number of halogens is 3. The fourth-order valence-electron chi connectivity index (χ4n) is 5.25. The maximum absolute atomic E-state index is 12.9. The van der Waals surface area contributed by atoms with Crippen molar-refractivity contribution >= 4 is 17.7 Å². The van der Waals surface area contributed by atoms with Gasteiger partial charge in [0.1, 0.15) is 0 Å². The van der Waals surface area contributed by atoms with E-state index < -0.39 is 17.6 Å². The molecule has 2 saturated heterocycles. The van der Waals surface area contributed by atoms with Crippen LogP contribution >= 0.6 is 0 Å². The van der Waals surface area contributed by atoms with Gasteiger partial charge in [-0.15, -0.1) is 0 Å². The minimum atomic E-state index is -4.54. The number of carbonyl (C=O) groups excluding carboxylic acids is 3. The lowest BCUT2D eigenvalue weighted by Gasteiger charge is -2.33. The molecule has 2 heterocycles. The zero-order chi connectivity index (χ0) is 27.8. The molecule has 2 aliphatic rings.